The van der Waals surface area contributed by atoms with Gasteiger partial charge in [0, 0.05) is 21.2 Å². The molecule has 1 amide bonds. The lowest BCUT2D eigenvalue weighted by atomic mass is 10.0. The topological polar surface area (TPSA) is 88.2 Å². The molecule has 150 valence electrons. The van der Waals surface area contributed by atoms with Crippen LogP contribution in [0.25, 0.3) is 0 Å². The van der Waals surface area contributed by atoms with Crippen molar-refractivity contribution in [1.82, 2.24) is 4.98 Å². The van der Waals surface area contributed by atoms with Gasteiger partial charge in [-0.15, -0.1) is 11.3 Å². The van der Waals surface area contributed by atoms with Gasteiger partial charge in [0.25, 0.3) is 15.9 Å². The van der Waals surface area contributed by atoms with Gasteiger partial charge in [-0.3, -0.25) is 14.8 Å². The number of fused-ring (bicyclic) bond motifs is 1. The standard InChI is InChI=1S/C20H18ClN3O3S2/c21-14-8-10-16(11-9-14)29(26,27)24-15-5-3-4-13(12-15)19(25)23-20-22-17-6-1-2-7-18(17)28-20/h3-5,8-12,24H,1-2,6-7H2,(H,22,23,25). The summed E-state index contributed by atoms with van der Waals surface area (Å²) in [5, 5.41) is 3.85. The van der Waals surface area contributed by atoms with Crippen molar-refractivity contribution in [2.75, 3.05) is 10.0 Å². The van der Waals surface area contributed by atoms with Crippen molar-refractivity contribution in [3.05, 3.63) is 69.7 Å². The molecule has 29 heavy (non-hydrogen) atoms. The van der Waals surface area contributed by atoms with Gasteiger partial charge < -0.3 is 0 Å². The van der Waals surface area contributed by atoms with Crippen LogP contribution in [0.3, 0.4) is 0 Å². The maximum Gasteiger partial charge on any atom is 0.261 e. The molecule has 0 unspecified atom stereocenters. The Morgan fingerprint density at radius 1 is 1.07 bits per heavy atom. The van der Waals surface area contributed by atoms with Crippen molar-refractivity contribution in [3.8, 4) is 0 Å². The molecule has 0 saturated heterocycles. The Morgan fingerprint density at radius 2 is 1.83 bits per heavy atom. The highest BCUT2D eigenvalue weighted by molar-refractivity contribution is 7.92. The highest BCUT2D eigenvalue weighted by atomic mass is 35.5. The summed E-state index contributed by atoms with van der Waals surface area (Å²) in [5.41, 5.74) is 1.71. The van der Waals surface area contributed by atoms with Crippen LogP contribution in [0.4, 0.5) is 10.8 Å². The number of nitrogens with zero attached hydrogens (tertiary/aromatic N) is 1. The fourth-order valence-electron chi connectivity index (χ4n) is 3.13. The Balaban J connectivity index is 1.50. The number of carbonyl (C=O) groups is 1. The van der Waals surface area contributed by atoms with E-state index >= 15 is 0 Å². The molecule has 0 spiro atoms. The molecular formula is C20H18ClN3O3S2. The molecule has 1 aliphatic rings. The van der Waals surface area contributed by atoms with Crippen molar-refractivity contribution in [2.45, 2.75) is 30.6 Å². The summed E-state index contributed by atoms with van der Waals surface area (Å²) in [6, 6.07) is 12.2. The normalized spacial score (nSPS) is 13.6. The van der Waals surface area contributed by atoms with E-state index in [1.54, 1.807) is 18.2 Å². The number of thiazole rings is 1. The molecule has 0 fully saturated rings. The van der Waals surface area contributed by atoms with Gasteiger partial charge >= 0.3 is 0 Å². The van der Waals surface area contributed by atoms with E-state index in [9.17, 15) is 13.2 Å². The smallest absolute Gasteiger partial charge is 0.261 e. The minimum absolute atomic E-state index is 0.0881. The van der Waals surface area contributed by atoms with Crippen molar-refractivity contribution in [1.29, 1.82) is 0 Å². The Labute approximate surface area is 178 Å². The number of benzene rings is 2. The molecule has 9 heteroatoms. The summed E-state index contributed by atoms with van der Waals surface area (Å²) in [4.78, 5) is 18.4. The van der Waals surface area contributed by atoms with Crippen LogP contribution in [0.5, 0.6) is 0 Å². The summed E-state index contributed by atoms with van der Waals surface area (Å²) in [5.74, 6) is -0.330. The van der Waals surface area contributed by atoms with Crippen LogP contribution in [0.1, 0.15) is 33.8 Å². The molecule has 2 N–H and O–H groups in total. The van der Waals surface area contributed by atoms with Crippen molar-refractivity contribution in [2.24, 2.45) is 0 Å². The summed E-state index contributed by atoms with van der Waals surface area (Å²) in [6.07, 6.45) is 4.23. The van der Waals surface area contributed by atoms with Crippen LogP contribution in [-0.2, 0) is 22.9 Å². The SMILES string of the molecule is O=C(Nc1nc2c(s1)CCCC2)c1cccc(NS(=O)(=O)c2ccc(Cl)cc2)c1. The lowest BCUT2D eigenvalue weighted by molar-refractivity contribution is 0.102. The third kappa shape index (κ3) is 4.60. The van der Waals surface area contributed by atoms with E-state index in [-0.39, 0.29) is 10.8 Å². The zero-order valence-corrected chi connectivity index (χ0v) is 17.7. The lowest BCUT2D eigenvalue weighted by Crippen LogP contribution is -2.15. The second-order valence-electron chi connectivity index (χ2n) is 6.69. The second-order valence-corrected chi connectivity index (χ2v) is 9.89. The number of amides is 1. The molecule has 2 aromatic carbocycles. The minimum Gasteiger partial charge on any atom is -0.298 e. The van der Waals surface area contributed by atoms with Crippen LogP contribution >= 0.6 is 22.9 Å². The molecule has 1 aromatic heterocycles. The van der Waals surface area contributed by atoms with Gasteiger partial charge in [0.2, 0.25) is 0 Å². The molecule has 3 aromatic rings. The molecule has 1 heterocycles. The molecule has 0 saturated carbocycles. The highest BCUT2D eigenvalue weighted by Gasteiger charge is 2.18. The van der Waals surface area contributed by atoms with E-state index < -0.39 is 10.0 Å². The summed E-state index contributed by atoms with van der Waals surface area (Å²) < 4.78 is 27.6. The monoisotopic (exact) mass is 447 g/mol. The van der Waals surface area contributed by atoms with Crippen LogP contribution in [0.2, 0.25) is 5.02 Å². The summed E-state index contributed by atoms with van der Waals surface area (Å²) >= 11 is 7.32. The van der Waals surface area contributed by atoms with Gasteiger partial charge in [-0.25, -0.2) is 13.4 Å². The Bertz CT molecular complexity index is 1130. The van der Waals surface area contributed by atoms with Gasteiger partial charge in [-0.05, 0) is 68.1 Å². The van der Waals surface area contributed by atoms with Crippen LogP contribution in [0.15, 0.2) is 53.4 Å². The predicted molar refractivity (Wildman–Crippen MR) is 115 cm³/mol. The summed E-state index contributed by atoms with van der Waals surface area (Å²) in [6.45, 7) is 0. The number of aromatic nitrogens is 1. The van der Waals surface area contributed by atoms with Gasteiger partial charge in [0.1, 0.15) is 0 Å². The lowest BCUT2D eigenvalue weighted by Gasteiger charge is -2.09. The predicted octanol–water partition coefficient (Wildman–Crippen LogP) is 4.73. The first kappa shape index (κ1) is 19.9. The number of sulfonamides is 1. The first-order valence-electron chi connectivity index (χ1n) is 9.09. The van der Waals surface area contributed by atoms with Crippen LogP contribution < -0.4 is 10.0 Å². The summed E-state index contributed by atoms with van der Waals surface area (Å²) in [7, 11) is -3.78. The molecule has 0 atom stereocenters. The van der Waals surface area contributed by atoms with Crippen molar-refractivity contribution in [3.63, 3.8) is 0 Å². The number of hydrogen-bond acceptors (Lipinski definition) is 5. The third-order valence-electron chi connectivity index (χ3n) is 4.57. The number of hydrogen-bond donors (Lipinski definition) is 2. The largest absolute Gasteiger partial charge is 0.298 e. The highest BCUT2D eigenvalue weighted by Crippen LogP contribution is 2.30. The molecular weight excluding hydrogens is 430 g/mol. The second kappa shape index (κ2) is 8.14. The Morgan fingerprint density at radius 3 is 2.59 bits per heavy atom. The molecule has 4 rings (SSSR count). The molecule has 1 aliphatic carbocycles. The fourth-order valence-corrected chi connectivity index (χ4v) is 5.35. The Kier molecular flexibility index (Phi) is 5.58. The molecule has 6 nitrogen and oxygen atoms in total. The molecule has 0 radical (unpaired) electrons. The van der Waals surface area contributed by atoms with Gasteiger partial charge in [-0.2, -0.15) is 0 Å². The number of rotatable bonds is 5. The number of anilines is 2. The van der Waals surface area contributed by atoms with Gasteiger partial charge in [0.05, 0.1) is 10.6 Å². The number of halogens is 1. The maximum absolute atomic E-state index is 12.6. The fraction of sp³-hybridized carbons (Fsp3) is 0.200. The van der Waals surface area contributed by atoms with E-state index in [1.165, 1.54) is 46.5 Å². The van der Waals surface area contributed by atoms with Crippen molar-refractivity contribution >= 4 is 49.7 Å². The van der Waals surface area contributed by atoms with Gasteiger partial charge in [-0.1, -0.05) is 17.7 Å². The van der Waals surface area contributed by atoms with Gasteiger partial charge in [0.15, 0.2) is 5.13 Å². The average molecular weight is 448 g/mol. The van der Waals surface area contributed by atoms with Crippen LogP contribution in [-0.4, -0.2) is 19.3 Å². The van der Waals surface area contributed by atoms with E-state index in [1.807, 2.05) is 0 Å². The van der Waals surface area contributed by atoms with Crippen molar-refractivity contribution < 1.29 is 13.2 Å². The van der Waals surface area contributed by atoms with E-state index in [0.717, 1.165) is 31.4 Å². The zero-order valence-electron chi connectivity index (χ0n) is 15.3. The average Bonchev–Trinajstić information content (AvgIpc) is 3.10. The maximum atomic E-state index is 12.6. The quantitative estimate of drug-likeness (QED) is 0.591. The van der Waals surface area contributed by atoms with E-state index in [2.05, 4.69) is 15.0 Å². The number of nitrogens with one attached hydrogen (secondary N) is 2. The zero-order chi connectivity index (χ0) is 20.4. The van der Waals surface area contributed by atoms with Crippen LogP contribution in [0, 0.1) is 0 Å². The first-order valence-corrected chi connectivity index (χ1v) is 11.8. The Hall–Kier alpha value is -2.42. The molecule has 0 bridgehead atoms. The van der Waals surface area contributed by atoms with E-state index in [0.29, 0.717) is 21.4 Å². The number of carbonyl (C=O) groups excluding carboxylic acids is 1. The minimum atomic E-state index is -3.78. The first-order chi connectivity index (χ1) is 13.9. The number of aryl methyl sites for hydroxylation is 2. The third-order valence-corrected chi connectivity index (χ3v) is 7.29. The molecule has 0 aliphatic heterocycles. The van der Waals surface area contributed by atoms with E-state index in [4.69, 9.17) is 11.6 Å².